The topological polar surface area (TPSA) is 228 Å². The van der Waals surface area contributed by atoms with Crippen molar-refractivity contribution in [2.75, 3.05) is 19.8 Å². The van der Waals surface area contributed by atoms with E-state index in [0.29, 0.717) is 6.42 Å². The second kappa shape index (κ2) is 19.8. The number of hydrogen-bond donors (Lipinski definition) is 9. The van der Waals surface area contributed by atoms with Gasteiger partial charge < -0.3 is 65.1 Å². The van der Waals surface area contributed by atoms with Gasteiger partial charge in [0.25, 0.3) is 0 Å². The minimum atomic E-state index is -1.78. The third-order valence-electron chi connectivity index (χ3n) is 7.43. The molecule has 12 unspecified atom stereocenters. The Morgan fingerprint density at radius 3 is 2.09 bits per heavy atom. The van der Waals surface area contributed by atoms with Crippen LogP contribution < -0.4 is 5.32 Å². The van der Waals surface area contributed by atoms with E-state index in [1.54, 1.807) is 6.08 Å². The van der Waals surface area contributed by atoms with Crippen LogP contribution in [-0.2, 0) is 23.7 Å². The van der Waals surface area contributed by atoms with Gasteiger partial charge in [-0.3, -0.25) is 4.79 Å². The molecule has 0 aromatic carbocycles. The number of carbonyl (C=O) groups is 1. The number of ether oxygens (including phenoxy) is 4. The molecule has 1 amide bonds. The second-order valence-corrected chi connectivity index (χ2v) is 11.0. The molecule has 0 bridgehead atoms. The molecule has 0 saturated carbocycles. The van der Waals surface area contributed by atoms with Crippen LogP contribution in [-0.4, -0.2) is 140 Å². The Balaban J connectivity index is 1.93. The van der Waals surface area contributed by atoms with Crippen LogP contribution >= 0.6 is 0 Å². The lowest BCUT2D eigenvalue weighted by molar-refractivity contribution is -0.359. The van der Waals surface area contributed by atoms with Crippen LogP contribution in [0, 0.1) is 0 Å². The quantitative estimate of drug-likeness (QED) is 0.0619. The average molecular weight is 622 g/mol. The van der Waals surface area contributed by atoms with Crippen LogP contribution in [0.5, 0.6) is 0 Å². The molecule has 12 atom stereocenters. The summed E-state index contributed by atoms with van der Waals surface area (Å²) >= 11 is 0. The molecule has 0 radical (unpaired) electrons. The minimum absolute atomic E-state index is 0.326. The highest BCUT2D eigenvalue weighted by Crippen LogP contribution is 2.29. The van der Waals surface area contributed by atoms with Crippen molar-refractivity contribution in [2.24, 2.45) is 0 Å². The number of aliphatic hydroxyl groups is 8. The predicted octanol–water partition coefficient (Wildman–Crippen LogP) is -1.64. The summed E-state index contributed by atoms with van der Waals surface area (Å²) in [4.78, 5) is 11.8. The van der Waals surface area contributed by atoms with Gasteiger partial charge in [-0.2, -0.15) is 0 Å². The Bertz CT molecular complexity index is 841. The van der Waals surface area contributed by atoms with Gasteiger partial charge in [0.05, 0.1) is 32.0 Å². The number of unbranched alkanes of at least 4 members (excludes halogenated alkanes) is 5. The van der Waals surface area contributed by atoms with E-state index in [2.05, 4.69) is 24.4 Å². The van der Waals surface area contributed by atoms with Gasteiger partial charge in [-0.05, 0) is 25.7 Å². The van der Waals surface area contributed by atoms with E-state index in [-0.39, 0.29) is 6.61 Å². The fourth-order valence-corrected chi connectivity index (χ4v) is 4.87. The van der Waals surface area contributed by atoms with Crippen molar-refractivity contribution < 1.29 is 64.6 Å². The largest absolute Gasteiger partial charge is 0.394 e. The first-order valence-corrected chi connectivity index (χ1v) is 15.0. The van der Waals surface area contributed by atoms with E-state index in [9.17, 15) is 45.6 Å². The number of hydrogen-bond acceptors (Lipinski definition) is 13. The predicted molar refractivity (Wildman–Crippen MR) is 152 cm³/mol. The third kappa shape index (κ3) is 11.7. The fourth-order valence-electron chi connectivity index (χ4n) is 4.87. The van der Waals surface area contributed by atoms with E-state index >= 15 is 0 Å². The summed E-state index contributed by atoms with van der Waals surface area (Å²) in [7, 11) is 0. The molecule has 2 aliphatic heterocycles. The molecule has 0 aromatic rings. The zero-order chi connectivity index (χ0) is 31.9. The van der Waals surface area contributed by atoms with Crippen molar-refractivity contribution in [1.82, 2.24) is 5.32 Å². The Kier molecular flexibility index (Phi) is 17.3. The molecule has 2 rings (SSSR count). The minimum Gasteiger partial charge on any atom is -0.394 e. The molecule has 2 heterocycles. The Labute approximate surface area is 252 Å². The molecule has 2 aliphatic rings. The van der Waals surface area contributed by atoms with Crippen LogP contribution in [0.2, 0.25) is 0 Å². The summed E-state index contributed by atoms with van der Waals surface area (Å²) in [5.41, 5.74) is 0. The molecule has 14 nitrogen and oxygen atoms in total. The lowest BCUT2D eigenvalue weighted by Crippen LogP contribution is -2.65. The van der Waals surface area contributed by atoms with Gasteiger partial charge in [0.15, 0.2) is 12.6 Å². The van der Waals surface area contributed by atoms with Gasteiger partial charge in [-0.1, -0.05) is 50.5 Å². The van der Waals surface area contributed by atoms with Crippen molar-refractivity contribution in [3.63, 3.8) is 0 Å². The highest BCUT2D eigenvalue weighted by Gasteiger charge is 2.50. The van der Waals surface area contributed by atoms with Crippen LogP contribution in [0.25, 0.3) is 0 Å². The molecule has 250 valence electrons. The zero-order valence-corrected chi connectivity index (χ0v) is 24.9. The maximum absolute atomic E-state index is 11.8. The summed E-state index contributed by atoms with van der Waals surface area (Å²) < 4.78 is 22.0. The molecule has 2 saturated heterocycles. The molecule has 43 heavy (non-hydrogen) atoms. The maximum atomic E-state index is 11.8. The van der Waals surface area contributed by atoms with E-state index in [0.717, 1.165) is 12.8 Å². The van der Waals surface area contributed by atoms with Gasteiger partial charge in [0.2, 0.25) is 5.91 Å². The first-order chi connectivity index (χ1) is 20.5. The van der Waals surface area contributed by atoms with Crippen LogP contribution in [0.4, 0.5) is 0 Å². The zero-order valence-electron chi connectivity index (χ0n) is 24.9. The molecular weight excluding hydrogens is 570 g/mol. The van der Waals surface area contributed by atoms with E-state index in [1.165, 1.54) is 38.7 Å². The number of carbonyl (C=O) groups excluding carboxylic acids is 1. The van der Waals surface area contributed by atoms with Gasteiger partial charge in [-0.15, -0.1) is 0 Å². The number of nitrogens with one attached hydrogen (secondary N) is 1. The Hall–Kier alpha value is -1.53. The molecule has 0 spiro atoms. The van der Waals surface area contributed by atoms with Gasteiger partial charge >= 0.3 is 0 Å². The molecule has 0 aliphatic carbocycles. The van der Waals surface area contributed by atoms with Crippen molar-refractivity contribution in [1.29, 1.82) is 0 Å². The molecule has 0 aromatic heterocycles. The third-order valence-corrected chi connectivity index (χ3v) is 7.43. The Morgan fingerprint density at radius 1 is 0.814 bits per heavy atom. The smallest absolute Gasteiger partial charge is 0.217 e. The van der Waals surface area contributed by atoms with Gasteiger partial charge in [0.1, 0.15) is 48.8 Å². The standard InChI is InChI=1S/C29H51NO13/c1-3-4-5-6-7-8-9-10-11-12-13-19(34)18(30-17(2)33)16-40-28-26(39)24(37)27(21(15-32)42-28)43-29-25(38)23(36)22(35)20(14-31)41-29/h8-9,12-13,18-29,31-32,34-39H,3-7,10-11,14-16H2,1-2H3,(H,30,33)/b9-8+,13-12+. The van der Waals surface area contributed by atoms with Crippen LogP contribution in [0.1, 0.15) is 58.8 Å². The summed E-state index contributed by atoms with van der Waals surface area (Å²) in [5, 5.41) is 84.2. The van der Waals surface area contributed by atoms with Gasteiger partial charge in [0, 0.05) is 6.92 Å². The number of aliphatic hydroxyl groups excluding tert-OH is 8. The average Bonchev–Trinajstić information content (AvgIpc) is 2.98. The Morgan fingerprint density at radius 2 is 1.44 bits per heavy atom. The summed E-state index contributed by atoms with van der Waals surface area (Å²) in [6.07, 6.45) is -2.08. The van der Waals surface area contributed by atoms with Crippen LogP contribution in [0.15, 0.2) is 24.3 Å². The van der Waals surface area contributed by atoms with E-state index in [4.69, 9.17) is 18.9 Å². The fraction of sp³-hybridized carbons (Fsp3) is 0.828. The van der Waals surface area contributed by atoms with E-state index < -0.39 is 92.7 Å². The number of allylic oxidation sites excluding steroid dienone is 3. The van der Waals surface area contributed by atoms with Crippen molar-refractivity contribution >= 4 is 5.91 Å². The van der Waals surface area contributed by atoms with Crippen molar-refractivity contribution in [3.8, 4) is 0 Å². The highest BCUT2D eigenvalue weighted by atomic mass is 16.7. The monoisotopic (exact) mass is 621 g/mol. The number of rotatable bonds is 18. The van der Waals surface area contributed by atoms with Crippen LogP contribution in [0.3, 0.4) is 0 Å². The van der Waals surface area contributed by atoms with Crippen molar-refractivity contribution in [3.05, 3.63) is 24.3 Å². The molecule has 14 heteroatoms. The van der Waals surface area contributed by atoms with Crippen molar-refractivity contribution in [2.45, 2.75) is 132 Å². The highest BCUT2D eigenvalue weighted by molar-refractivity contribution is 5.73. The summed E-state index contributed by atoms with van der Waals surface area (Å²) in [5.74, 6) is -0.432. The SMILES string of the molecule is CCCCCC/C=C/CC/C=C/C(O)C(COC1OC(CO)C(OC2OC(CO)C(O)C(O)C2O)C(O)C1O)NC(C)=O. The summed E-state index contributed by atoms with van der Waals surface area (Å²) in [6.45, 7) is 1.69. The first-order valence-electron chi connectivity index (χ1n) is 15.0. The normalized spacial score (nSPS) is 34.9. The maximum Gasteiger partial charge on any atom is 0.217 e. The lowest BCUT2D eigenvalue weighted by atomic mass is 9.97. The molecular formula is C29H51NO13. The lowest BCUT2D eigenvalue weighted by Gasteiger charge is -2.46. The number of amides is 1. The molecule has 2 fully saturated rings. The first kappa shape index (κ1) is 37.7. The molecule has 9 N–H and O–H groups in total. The van der Waals surface area contributed by atoms with Gasteiger partial charge in [-0.25, -0.2) is 0 Å². The second-order valence-electron chi connectivity index (χ2n) is 11.0. The summed E-state index contributed by atoms with van der Waals surface area (Å²) in [6, 6.07) is -0.925. The van der Waals surface area contributed by atoms with E-state index in [1.807, 2.05) is 0 Å².